The van der Waals surface area contributed by atoms with E-state index in [0.717, 1.165) is 22.6 Å². The number of nitrogens with one attached hydrogen (secondary N) is 5. The molecule has 5 aromatic carbocycles. The number of nitrogens with zero attached hydrogens (tertiary/aromatic N) is 3. The standard InChI is InChI=1S/C52H43F3N8O8/c53-52(54,55)32-8-5-9-34(26-32)59-51(70)60-35-10-6-12-38(27-35)71-37-19-17-33(18-20-37)58-47-31(28-56)29-57-41-21-16-30(25-40(41)47)24-36(64)11-3-1-2-4-15-44(65)61-42-14-7-13-39-46(42)50(69)63(49(39)68)43-22-23-45(66)62-48(43)67/h5-10,12-14,16-21,25-27,29,43H,1-4,11,15,22-24H2,(H,57,58)(H,61,65)(H2,59,60,70)(H,62,66,67). The third-order valence-electron chi connectivity index (χ3n) is 11.7. The average Bonchev–Trinajstić information content (AvgIpc) is 3.59. The molecule has 0 aliphatic carbocycles. The van der Waals surface area contributed by atoms with Gasteiger partial charge in [0, 0.05) is 60.4 Å². The highest BCUT2D eigenvalue weighted by Gasteiger charge is 2.45. The number of fused-ring (bicyclic) bond motifs is 2. The molecule has 3 heterocycles. The van der Waals surface area contributed by atoms with Crippen LogP contribution in [0.5, 0.6) is 11.5 Å². The van der Waals surface area contributed by atoms with E-state index in [4.69, 9.17) is 4.74 Å². The summed E-state index contributed by atoms with van der Waals surface area (Å²) >= 11 is 0. The second kappa shape index (κ2) is 21.2. The van der Waals surface area contributed by atoms with Gasteiger partial charge in [0.05, 0.1) is 39.1 Å². The van der Waals surface area contributed by atoms with Crippen LogP contribution in [0.2, 0.25) is 0 Å². The van der Waals surface area contributed by atoms with E-state index in [1.165, 1.54) is 36.5 Å². The number of amides is 7. The van der Waals surface area contributed by atoms with Gasteiger partial charge in [-0.3, -0.25) is 44.0 Å². The van der Waals surface area contributed by atoms with Crippen molar-refractivity contribution in [3.63, 3.8) is 0 Å². The molecule has 360 valence electrons. The first-order chi connectivity index (χ1) is 34.1. The van der Waals surface area contributed by atoms with Gasteiger partial charge in [-0.05, 0) is 104 Å². The predicted molar refractivity (Wildman–Crippen MR) is 255 cm³/mol. The minimum atomic E-state index is -4.56. The summed E-state index contributed by atoms with van der Waals surface area (Å²) in [5, 5.41) is 23.8. The summed E-state index contributed by atoms with van der Waals surface area (Å²) in [4.78, 5) is 94.4. The molecule has 2 aliphatic heterocycles. The Kier molecular flexibility index (Phi) is 14.5. The van der Waals surface area contributed by atoms with Crippen LogP contribution in [0, 0.1) is 11.3 Å². The smallest absolute Gasteiger partial charge is 0.416 e. The van der Waals surface area contributed by atoms with Crippen LogP contribution in [0.3, 0.4) is 0 Å². The molecule has 1 saturated heterocycles. The molecular formula is C52H43F3N8O8. The molecule has 1 fully saturated rings. The summed E-state index contributed by atoms with van der Waals surface area (Å²) in [5.41, 5.74) is 2.38. The number of urea groups is 1. The first-order valence-electron chi connectivity index (χ1n) is 22.5. The van der Waals surface area contributed by atoms with E-state index in [9.17, 15) is 52.0 Å². The Labute approximate surface area is 403 Å². The lowest BCUT2D eigenvalue weighted by molar-refractivity contribution is -0.138. The van der Waals surface area contributed by atoms with E-state index in [-0.39, 0.29) is 65.4 Å². The normalized spacial score (nSPS) is 14.3. The van der Waals surface area contributed by atoms with Gasteiger partial charge >= 0.3 is 12.2 Å². The second-order valence-corrected chi connectivity index (χ2v) is 16.8. The Hall–Kier alpha value is -8.92. The van der Waals surface area contributed by atoms with Crippen molar-refractivity contribution >= 4 is 80.7 Å². The van der Waals surface area contributed by atoms with E-state index in [1.54, 1.807) is 54.6 Å². The molecule has 16 nitrogen and oxygen atoms in total. The molecular weight excluding hydrogens is 922 g/mol. The Morgan fingerprint density at radius 1 is 0.775 bits per heavy atom. The summed E-state index contributed by atoms with van der Waals surface area (Å²) in [6.07, 6.45) is -0.0112. The van der Waals surface area contributed by atoms with Gasteiger partial charge in [0.15, 0.2) is 0 Å². The molecule has 7 amide bonds. The molecule has 8 rings (SSSR count). The molecule has 5 N–H and O–H groups in total. The molecule has 71 heavy (non-hydrogen) atoms. The number of ketones is 1. The average molecular weight is 965 g/mol. The number of Topliss-reactive ketones (excluding diaryl/α,β-unsaturated/α-hetero) is 1. The number of aromatic nitrogens is 1. The van der Waals surface area contributed by atoms with E-state index in [0.29, 0.717) is 71.6 Å². The molecule has 0 saturated carbocycles. The maximum atomic E-state index is 13.3. The predicted octanol–water partition coefficient (Wildman–Crippen LogP) is 9.80. The first-order valence-corrected chi connectivity index (χ1v) is 22.5. The molecule has 1 aromatic heterocycles. The number of piperidine rings is 1. The van der Waals surface area contributed by atoms with Gasteiger partial charge in [0.1, 0.15) is 29.4 Å². The number of carbonyl (C=O) groups excluding carboxylic acids is 7. The summed E-state index contributed by atoms with van der Waals surface area (Å²) in [5.74, 6) is -2.11. The Bertz CT molecular complexity index is 3150. The summed E-state index contributed by atoms with van der Waals surface area (Å²) in [6.45, 7) is 0. The van der Waals surface area contributed by atoms with Crippen molar-refractivity contribution in [2.24, 2.45) is 0 Å². The van der Waals surface area contributed by atoms with Gasteiger partial charge < -0.3 is 26.0 Å². The zero-order valence-corrected chi connectivity index (χ0v) is 37.7. The highest BCUT2D eigenvalue weighted by Crippen LogP contribution is 2.35. The van der Waals surface area contributed by atoms with Gasteiger partial charge in [0.25, 0.3) is 11.8 Å². The minimum absolute atomic E-state index is 0.000495. The number of pyridine rings is 1. The van der Waals surface area contributed by atoms with E-state index < -0.39 is 47.4 Å². The zero-order valence-electron chi connectivity index (χ0n) is 37.7. The lowest BCUT2D eigenvalue weighted by atomic mass is 10.0. The molecule has 19 heteroatoms. The number of nitriles is 1. The van der Waals surface area contributed by atoms with Crippen molar-refractivity contribution in [2.45, 2.75) is 70.0 Å². The Morgan fingerprint density at radius 3 is 2.23 bits per heavy atom. The molecule has 0 spiro atoms. The van der Waals surface area contributed by atoms with Crippen LogP contribution >= 0.6 is 0 Å². The fourth-order valence-electron chi connectivity index (χ4n) is 8.27. The lowest BCUT2D eigenvalue weighted by Crippen LogP contribution is -2.54. The molecule has 6 aromatic rings. The van der Waals surface area contributed by atoms with Crippen molar-refractivity contribution in [2.75, 3.05) is 21.3 Å². The molecule has 0 bridgehead atoms. The number of imide groups is 2. The number of unbranched alkanes of at least 4 members (excludes halogenated alkanes) is 3. The van der Waals surface area contributed by atoms with Crippen LogP contribution < -0.4 is 31.3 Å². The number of ether oxygens (including phenoxy) is 1. The largest absolute Gasteiger partial charge is 0.457 e. The van der Waals surface area contributed by atoms with Crippen molar-refractivity contribution in [1.29, 1.82) is 5.26 Å². The fourth-order valence-corrected chi connectivity index (χ4v) is 8.27. The summed E-state index contributed by atoms with van der Waals surface area (Å²) < 4.78 is 45.3. The van der Waals surface area contributed by atoms with Gasteiger partial charge in [-0.1, -0.05) is 37.1 Å². The number of hydrogen-bond acceptors (Lipinski definition) is 11. The van der Waals surface area contributed by atoms with Gasteiger partial charge in [-0.25, -0.2) is 4.79 Å². The zero-order chi connectivity index (χ0) is 50.2. The first kappa shape index (κ1) is 48.5. The third-order valence-corrected chi connectivity index (χ3v) is 11.7. The third kappa shape index (κ3) is 11.7. The maximum Gasteiger partial charge on any atom is 0.416 e. The number of carbonyl (C=O) groups is 7. The summed E-state index contributed by atoms with van der Waals surface area (Å²) in [7, 11) is 0. The van der Waals surface area contributed by atoms with Crippen molar-refractivity contribution in [3.8, 4) is 17.6 Å². The number of hydrogen-bond donors (Lipinski definition) is 5. The SMILES string of the molecule is N#Cc1cnc2ccc(CC(=O)CCCCCCC(=O)Nc3cccc4c3C(=O)N(C3CCC(=O)NC3=O)C4=O)cc2c1Nc1ccc(Oc2cccc(NC(=O)Nc3cccc(C(F)(F)F)c3)c2)cc1. The van der Waals surface area contributed by atoms with Crippen molar-refractivity contribution in [1.82, 2.24) is 15.2 Å². The van der Waals surface area contributed by atoms with E-state index >= 15 is 0 Å². The monoisotopic (exact) mass is 964 g/mol. The van der Waals surface area contributed by atoms with Gasteiger partial charge in [-0.15, -0.1) is 0 Å². The fraction of sp³-hybridized carbons (Fsp3) is 0.212. The van der Waals surface area contributed by atoms with E-state index in [2.05, 4.69) is 37.6 Å². The molecule has 2 aliphatic rings. The second-order valence-electron chi connectivity index (χ2n) is 16.8. The number of alkyl halides is 3. The summed E-state index contributed by atoms with van der Waals surface area (Å²) in [6, 6.07) is 27.8. The van der Waals surface area contributed by atoms with Crippen LogP contribution in [0.1, 0.15) is 88.8 Å². The van der Waals surface area contributed by atoms with Crippen LogP contribution in [-0.2, 0) is 31.8 Å². The van der Waals surface area contributed by atoms with Crippen molar-refractivity contribution < 1.29 is 51.5 Å². The highest BCUT2D eigenvalue weighted by molar-refractivity contribution is 6.26. The lowest BCUT2D eigenvalue weighted by Gasteiger charge is -2.27. The van der Waals surface area contributed by atoms with Crippen molar-refractivity contribution in [3.05, 3.63) is 143 Å². The molecule has 1 atom stereocenters. The van der Waals surface area contributed by atoms with Crippen LogP contribution in [0.25, 0.3) is 10.9 Å². The number of anilines is 5. The number of rotatable bonds is 17. The van der Waals surface area contributed by atoms with Gasteiger partial charge in [0.2, 0.25) is 17.7 Å². The molecule has 0 radical (unpaired) electrons. The van der Waals surface area contributed by atoms with Crippen LogP contribution in [0.4, 0.5) is 46.4 Å². The quantitative estimate of drug-likeness (QED) is 0.0427. The number of benzene rings is 5. The topological polar surface area (TPSA) is 229 Å². The van der Waals surface area contributed by atoms with Crippen LogP contribution in [-0.4, -0.2) is 57.3 Å². The molecule has 1 unspecified atom stereocenters. The Balaban J connectivity index is 0.800. The maximum absolute atomic E-state index is 13.3. The highest BCUT2D eigenvalue weighted by atomic mass is 19.4. The Morgan fingerprint density at radius 2 is 1.49 bits per heavy atom. The van der Waals surface area contributed by atoms with Gasteiger partial charge in [-0.2, -0.15) is 18.4 Å². The van der Waals surface area contributed by atoms with Crippen LogP contribution in [0.15, 0.2) is 115 Å². The van der Waals surface area contributed by atoms with E-state index in [1.807, 2.05) is 12.1 Å². The number of halogens is 3. The minimum Gasteiger partial charge on any atom is -0.457 e.